The zero-order chi connectivity index (χ0) is 18.1. The van der Waals surface area contributed by atoms with Gasteiger partial charge in [-0.2, -0.15) is 14.0 Å². The lowest BCUT2D eigenvalue weighted by Crippen LogP contribution is -2.36. The van der Waals surface area contributed by atoms with Gasteiger partial charge in [-0.3, -0.25) is 4.99 Å². The molecule has 2 rings (SSSR count). The van der Waals surface area contributed by atoms with Crippen molar-refractivity contribution in [3.8, 4) is 11.8 Å². The van der Waals surface area contributed by atoms with Gasteiger partial charge in [0.05, 0.1) is 11.6 Å². The maximum absolute atomic E-state index is 12.4. The maximum Gasteiger partial charge on any atom is 0.387 e. The van der Waals surface area contributed by atoms with Crippen molar-refractivity contribution >= 4 is 29.9 Å². The predicted octanol–water partition coefficient (Wildman–Crippen LogP) is 3.64. The van der Waals surface area contributed by atoms with Gasteiger partial charge >= 0.3 is 6.61 Å². The van der Waals surface area contributed by atoms with Gasteiger partial charge < -0.3 is 15.4 Å². The van der Waals surface area contributed by atoms with Crippen LogP contribution in [0.25, 0.3) is 0 Å². The number of guanidine groups is 1. The zero-order valence-electron chi connectivity index (χ0n) is 14.1. The van der Waals surface area contributed by atoms with Crippen molar-refractivity contribution in [2.45, 2.75) is 19.7 Å². The minimum absolute atomic E-state index is 0. The monoisotopic (exact) mass is 472 g/mol. The van der Waals surface area contributed by atoms with Crippen molar-refractivity contribution in [1.82, 2.24) is 10.6 Å². The zero-order valence-corrected chi connectivity index (χ0v) is 16.4. The van der Waals surface area contributed by atoms with Gasteiger partial charge in [0.2, 0.25) is 0 Å². The summed E-state index contributed by atoms with van der Waals surface area (Å²) in [6, 6.07) is 15.8. The molecule has 0 aliphatic rings. The third kappa shape index (κ3) is 6.84. The molecule has 2 N–H and O–H groups in total. The number of nitrogens with one attached hydrogen (secondary N) is 2. The second-order valence-corrected chi connectivity index (χ2v) is 5.07. The van der Waals surface area contributed by atoms with Gasteiger partial charge in [0.15, 0.2) is 5.96 Å². The molecule has 0 saturated carbocycles. The summed E-state index contributed by atoms with van der Waals surface area (Å²) in [4.78, 5) is 4.10. The van der Waals surface area contributed by atoms with Gasteiger partial charge in [0.25, 0.3) is 0 Å². The highest BCUT2D eigenvalue weighted by molar-refractivity contribution is 14.0. The van der Waals surface area contributed by atoms with E-state index in [9.17, 15) is 8.78 Å². The molecule has 0 spiro atoms. The largest absolute Gasteiger partial charge is 0.434 e. The van der Waals surface area contributed by atoms with Crippen LogP contribution in [0.4, 0.5) is 8.78 Å². The van der Waals surface area contributed by atoms with Crippen LogP contribution in [0.5, 0.6) is 5.75 Å². The normalized spacial score (nSPS) is 10.7. The Bertz CT molecular complexity index is 761. The molecule has 0 saturated heterocycles. The number of alkyl halides is 2. The lowest BCUT2D eigenvalue weighted by Gasteiger charge is -2.14. The van der Waals surface area contributed by atoms with E-state index >= 15 is 0 Å². The fraction of sp³-hybridized carbons (Fsp3) is 0.222. The third-order valence-corrected chi connectivity index (χ3v) is 3.40. The molecular weight excluding hydrogens is 453 g/mol. The molecule has 26 heavy (non-hydrogen) atoms. The van der Waals surface area contributed by atoms with E-state index in [-0.39, 0.29) is 36.3 Å². The molecule has 0 atom stereocenters. The second kappa shape index (κ2) is 11.3. The molecule has 0 aliphatic heterocycles. The van der Waals surface area contributed by atoms with Crippen LogP contribution in [-0.2, 0) is 13.1 Å². The molecule has 0 bridgehead atoms. The number of hydrogen-bond donors (Lipinski definition) is 2. The minimum atomic E-state index is -2.87. The number of hydrogen-bond acceptors (Lipinski definition) is 3. The van der Waals surface area contributed by atoms with Crippen LogP contribution in [0.2, 0.25) is 0 Å². The molecule has 0 heterocycles. The van der Waals surface area contributed by atoms with Gasteiger partial charge in [0, 0.05) is 25.7 Å². The SMILES string of the molecule is CN=C(NCc1ccc(C#N)cc1)NCc1ccccc1OC(F)F.I. The lowest BCUT2D eigenvalue weighted by atomic mass is 10.1. The first-order chi connectivity index (χ1) is 12.1. The van der Waals surface area contributed by atoms with E-state index in [1.807, 2.05) is 12.1 Å². The molecule has 2 aromatic carbocycles. The van der Waals surface area contributed by atoms with E-state index in [4.69, 9.17) is 5.26 Å². The molecule has 5 nitrogen and oxygen atoms in total. The first-order valence-electron chi connectivity index (χ1n) is 7.58. The summed E-state index contributed by atoms with van der Waals surface area (Å²) in [6.07, 6.45) is 0. The number of para-hydroxylation sites is 1. The van der Waals surface area contributed by atoms with Crippen LogP contribution >= 0.6 is 24.0 Å². The Morgan fingerprint density at radius 1 is 1.12 bits per heavy atom. The van der Waals surface area contributed by atoms with Gasteiger partial charge in [-0.1, -0.05) is 30.3 Å². The molecular formula is C18H19F2IN4O. The minimum Gasteiger partial charge on any atom is -0.434 e. The number of ether oxygens (including phenoxy) is 1. The average Bonchev–Trinajstić information content (AvgIpc) is 2.63. The molecule has 0 amide bonds. The number of halogens is 3. The average molecular weight is 472 g/mol. The highest BCUT2D eigenvalue weighted by atomic mass is 127. The summed E-state index contributed by atoms with van der Waals surface area (Å²) < 4.78 is 29.4. The highest BCUT2D eigenvalue weighted by Gasteiger charge is 2.09. The molecule has 0 unspecified atom stereocenters. The van der Waals surface area contributed by atoms with E-state index in [0.717, 1.165) is 5.56 Å². The van der Waals surface area contributed by atoms with Crippen LogP contribution in [0.1, 0.15) is 16.7 Å². The van der Waals surface area contributed by atoms with Crippen LogP contribution in [0.15, 0.2) is 53.5 Å². The highest BCUT2D eigenvalue weighted by Crippen LogP contribution is 2.19. The molecule has 8 heteroatoms. The molecule has 0 fully saturated rings. The Kier molecular flexibility index (Phi) is 9.36. The van der Waals surface area contributed by atoms with Crippen molar-refractivity contribution < 1.29 is 13.5 Å². The van der Waals surface area contributed by atoms with Gasteiger partial charge in [0.1, 0.15) is 5.75 Å². The van der Waals surface area contributed by atoms with Crippen LogP contribution in [0, 0.1) is 11.3 Å². The predicted molar refractivity (Wildman–Crippen MR) is 107 cm³/mol. The first kappa shape index (κ1) is 21.6. The summed E-state index contributed by atoms with van der Waals surface area (Å²) >= 11 is 0. The molecule has 0 aliphatic carbocycles. The van der Waals surface area contributed by atoms with Gasteiger partial charge in [-0.05, 0) is 23.8 Å². The Hall–Kier alpha value is -2.41. The van der Waals surface area contributed by atoms with Crippen LogP contribution < -0.4 is 15.4 Å². The summed E-state index contributed by atoms with van der Waals surface area (Å²) in [5.74, 6) is 0.656. The van der Waals surface area contributed by atoms with Crippen molar-refractivity contribution in [3.05, 3.63) is 65.2 Å². The lowest BCUT2D eigenvalue weighted by molar-refractivity contribution is -0.0504. The molecule has 138 valence electrons. The standard InChI is InChI=1S/C18H18F2N4O.HI/c1-22-18(23-11-14-8-6-13(10-21)7-9-14)24-12-15-4-2-3-5-16(15)25-17(19)20;/h2-9,17H,11-12H2,1H3,(H2,22,23,24);1H. The summed E-state index contributed by atoms with van der Waals surface area (Å²) in [6.45, 7) is -2.06. The quantitative estimate of drug-likeness (QED) is 0.383. The topological polar surface area (TPSA) is 69.4 Å². The summed E-state index contributed by atoms with van der Waals surface area (Å²) in [7, 11) is 1.62. The maximum atomic E-state index is 12.4. The van der Waals surface area contributed by atoms with E-state index in [1.165, 1.54) is 6.07 Å². The van der Waals surface area contributed by atoms with E-state index in [2.05, 4.69) is 26.4 Å². The van der Waals surface area contributed by atoms with Crippen LogP contribution in [-0.4, -0.2) is 19.6 Å². The van der Waals surface area contributed by atoms with Crippen LogP contribution in [0.3, 0.4) is 0 Å². The molecule has 0 radical (unpaired) electrons. The summed E-state index contributed by atoms with van der Waals surface area (Å²) in [5, 5.41) is 15.0. The molecule has 2 aromatic rings. The Morgan fingerprint density at radius 2 is 1.77 bits per heavy atom. The number of aliphatic imine (C=N–C) groups is 1. The fourth-order valence-corrected chi connectivity index (χ4v) is 2.14. The van der Waals surface area contributed by atoms with E-state index in [1.54, 1.807) is 37.4 Å². The number of rotatable bonds is 6. The van der Waals surface area contributed by atoms with Crippen molar-refractivity contribution in [2.24, 2.45) is 4.99 Å². The van der Waals surface area contributed by atoms with Gasteiger partial charge in [-0.25, -0.2) is 0 Å². The number of benzene rings is 2. The Morgan fingerprint density at radius 3 is 2.38 bits per heavy atom. The third-order valence-electron chi connectivity index (χ3n) is 3.40. The van der Waals surface area contributed by atoms with E-state index in [0.29, 0.717) is 23.6 Å². The van der Waals surface area contributed by atoms with E-state index < -0.39 is 6.61 Å². The number of nitriles is 1. The fourth-order valence-electron chi connectivity index (χ4n) is 2.14. The van der Waals surface area contributed by atoms with Crippen molar-refractivity contribution in [1.29, 1.82) is 5.26 Å². The smallest absolute Gasteiger partial charge is 0.387 e. The summed E-state index contributed by atoms with van der Waals surface area (Å²) in [5.41, 5.74) is 2.19. The Balaban J connectivity index is 0.00000338. The van der Waals surface area contributed by atoms with Crippen molar-refractivity contribution in [2.75, 3.05) is 7.05 Å². The molecule has 0 aromatic heterocycles. The first-order valence-corrected chi connectivity index (χ1v) is 7.58. The van der Waals surface area contributed by atoms with Gasteiger partial charge in [-0.15, -0.1) is 24.0 Å². The second-order valence-electron chi connectivity index (χ2n) is 5.07. The number of nitrogens with zero attached hydrogens (tertiary/aromatic N) is 2. The van der Waals surface area contributed by atoms with Crippen molar-refractivity contribution in [3.63, 3.8) is 0 Å². The Labute approximate surface area is 168 Å².